The number of hydrogen-bond donors (Lipinski definition) is 0. The van der Waals surface area contributed by atoms with Crippen molar-refractivity contribution in [2.24, 2.45) is 63.1 Å². The normalized spacial score (nSPS) is 29.6. The van der Waals surface area contributed by atoms with Crippen LogP contribution < -0.4 is 0 Å². The van der Waals surface area contributed by atoms with Gasteiger partial charge in [-0.25, -0.2) is 0 Å². The van der Waals surface area contributed by atoms with Gasteiger partial charge in [0.15, 0.2) is 0 Å². The van der Waals surface area contributed by atoms with Gasteiger partial charge in [0.05, 0.1) is 0 Å². The van der Waals surface area contributed by atoms with Crippen molar-refractivity contribution in [1.29, 1.82) is 0 Å². The standard InChI is InChI=1S/7C8H16/c1-7-4-5-8(2,3)6-7;1-7-5-4-6-8(7,2)3;1-7(2)8-5-3-4-6-8;2*1-3-8(2)6-4-5-7-8;1-3-8-6-4-5-7(8)2;1-2-5-8-6-3-4-7-8/h2*7H,4-6H2,1-3H3;7-8H,3-6H2,1-2H3;2*3-7H2,1-2H3;7-8H,3-6H2,1-2H3;8H,2-7H2,1H3/t2*7-;;;;;/m00...../s1. The van der Waals surface area contributed by atoms with Crippen LogP contribution >= 0.6 is 0 Å². The molecule has 0 N–H and O–H groups in total. The zero-order valence-electron chi connectivity index (χ0n) is 42.3. The van der Waals surface area contributed by atoms with E-state index in [1.165, 1.54) is 193 Å². The highest BCUT2D eigenvalue weighted by Crippen LogP contribution is 2.43. The molecule has 0 aromatic rings. The SMILES string of the molecule is CC(C)C1CCCC1.CCC1(C)CCCC1.CCC1(C)CCCC1.CCC1CCCC1C.CCCC1CCCC1.C[C@H]1CCC(C)(C)C1.C[C@H]1CCCC1(C)C. The molecule has 7 rings (SSSR count). The van der Waals surface area contributed by atoms with Crippen LogP contribution in [0.1, 0.15) is 296 Å². The van der Waals surface area contributed by atoms with Gasteiger partial charge in [0.25, 0.3) is 0 Å². The summed E-state index contributed by atoms with van der Waals surface area (Å²) < 4.78 is 0. The first-order chi connectivity index (χ1) is 26.3. The Bertz CT molecular complexity index is 869. The predicted molar refractivity (Wildman–Crippen MR) is 258 cm³/mol. The molecule has 2 unspecified atom stereocenters. The zero-order valence-corrected chi connectivity index (χ0v) is 42.3. The largest absolute Gasteiger partial charge is 0.0654 e. The molecule has 7 fully saturated rings. The van der Waals surface area contributed by atoms with Crippen molar-refractivity contribution in [1.82, 2.24) is 0 Å². The lowest BCUT2D eigenvalue weighted by molar-refractivity contribution is 0.281. The van der Waals surface area contributed by atoms with Crippen LogP contribution in [0.25, 0.3) is 0 Å². The molecule has 56 heavy (non-hydrogen) atoms. The molecule has 336 valence electrons. The van der Waals surface area contributed by atoms with E-state index in [1.54, 1.807) is 0 Å². The van der Waals surface area contributed by atoms with Crippen molar-refractivity contribution in [2.45, 2.75) is 296 Å². The summed E-state index contributed by atoms with van der Waals surface area (Å²) in [7, 11) is 0. The topological polar surface area (TPSA) is 0 Å². The fraction of sp³-hybridized carbons (Fsp3) is 1.00. The lowest BCUT2D eigenvalue weighted by Crippen LogP contribution is -2.13. The molecule has 0 spiro atoms. The maximum Gasteiger partial charge on any atom is -0.0328 e. The summed E-state index contributed by atoms with van der Waals surface area (Å²) in [5, 5.41) is 0. The maximum absolute atomic E-state index is 2.42. The summed E-state index contributed by atoms with van der Waals surface area (Å²) in [6, 6.07) is 0. The molecule has 7 aliphatic carbocycles. The monoisotopic (exact) mass is 785 g/mol. The van der Waals surface area contributed by atoms with Crippen LogP contribution in [0, 0.1) is 63.1 Å². The minimum absolute atomic E-state index is 0.653. The van der Waals surface area contributed by atoms with E-state index in [2.05, 4.69) is 104 Å². The quantitative estimate of drug-likeness (QED) is 0.252. The molecule has 0 aromatic carbocycles. The molecule has 0 amide bonds. The molecule has 0 nitrogen and oxygen atoms in total. The van der Waals surface area contributed by atoms with Crippen LogP contribution in [0.3, 0.4) is 0 Å². The molecule has 7 saturated carbocycles. The van der Waals surface area contributed by atoms with Crippen molar-refractivity contribution in [3.05, 3.63) is 0 Å². The van der Waals surface area contributed by atoms with E-state index in [0.717, 1.165) is 52.3 Å². The van der Waals surface area contributed by atoms with Crippen LogP contribution in [-0.2, 0) is 0 Å². The van der Waals surface area contributed by atoms with Gasteiger partial charge in [-0.2, -0.15) is 0 Å². The van der Waals surface area contributed by atoms with Crippen LogP contribution in [0.5, 0.6) is 0 Å². The van der Waals surface area contributed by atoms with Gasteiger partial charge in [-0.3, -0.25) is 0 Å². The molecule has 0 heterocycles. The highest BCUT2D eigenvalue weighted by Gasteiger charge is 2.31. The molecule has 0 radical (unpaired) electrons. The van der Waals surface area contributed by atoms with Crippen LogP contribution in [0.15, 0.2) is 0 Å². The Morgan fingerprint density at radius 2 is 1.00 bits per heavy atom. The van der Waals surface area contributed by atoms with Gasteiger partial charge in [-0.15, -0.1) is 0 Å². The first kappa shape index (κ1) is 54.0. The van der Waals surface area contributed by atoms with Gasteiger partial charge >= 0.3 is 0 Å². The first-order valence-electron chi connectivity index (χ1n) is 26.3. The minimum Gasteiger partial charge on any atom is -0.0654 e. The fourth-order valence-corrected chi connectivity index (χ4v) is 11.6. The van der Waals surface area contributed by atoms with E-state index in [1.807, 2.05) is 0 Å². The molecule has 0 aliphatic heterocycles. The summed E-state index contributed by atoms with van der Waals surface area (Å²) in [5.74, 6) is 7.16. The molecule has 0 saturated heterocycles. The zero-order chi connectivity index (χ0) is 42.3. The van der Waals surface area contributed by atoms with Crippen molar-refractivity contribution in [2.75, 3.05) is 0 Å². The fourth-order valence-electron chi connectivity index (χ4n) is 11.6. The smallest absolute Gasteiger partial charge is 0.0328 e. The highest BCUT2D eigenvalue weighted by atomic mass is 14.4. The highest BCUT2D eigenvalue weighted by molar-refractivity contribution is 4.82. The third-order valence-corrected chi connectivity index (χ3v) is 17.4. The maximum atomic E-state index is 2.42. The summed E-state index contributed by atoms with van der Waals surface area (Å²) >= 11 is 0. The second kappa shape index (κ2) is 28.5. The van der Waals surface area contributed by atoms with Crippen molar-refractivity contribution in [3.8, 4) is 0 Å². The summed E-state index contributed by atoms with van der Waals surface area (Å²) in [5.41, 5.74) is 2.79. The van der Waals surface area contributed by atoms with E-state index < -0.39 is 0 Å². The molecular weight excluding hydrogens is 673 g/mol. The van der Waals surface area contributed by atoms with E-state index >= 15 is 0 Å². The number of rotatable bonds is 6. The molecule has 0 bridgehead atoms. The average molecular weight is 786 g/mol. The molecule has 0 aromatic heterocycles. The average Bonchev–Trinajstić information content (AvgIpc) is 4.01. The third kappa shape index (κ3) is 23.1. The van der Waals surface area contributed by atoms with Gasteiger partial charge in [-0.1, -0.05) is 252 Å². The Morgan fingerprint density at radius 1 is 0.500 bits per heavy atom. The van der Waals surface area contributed by atoms with Gasteiger partial charge in [0.1, 0.15) is 0 Å². The summed E-state index contributed by atoms with van der Waals surface area (Å²) in [4.78, 5) is 0. The number of hydrogen-bond acceptors (Lipinski definition) is 0. The van der Waals surface area contributed by atoms with Crippen LogP contribution in [-0.4, -0.2) is 0 Å². The van der Waals surface area contributed by atoms with Crippen molar-refractivity contribution in [3.63, 3.8) is 0 Å². The Kier molecular flexibility index (Phi) is 27.5. The minimum atomic E-state index is 0.653. The van der Waals surface area contributed by atoms with Gasteiger partial charge in [0, 0.05) is 0 Å². The Morgan fingerprint density at radius 3 is 1.21 bits per heavy atom. The van der Waals surface area contributed by atoms with E-state index in [0.29, 0.717) is 10.8 Å². The second-order valence-electron chi connectivity index (χ2n) is 23.8. The van der Waals surface area contributed by atoms with Crippen LogP contribution in [0.4, 0.5) is 0 Å². The predicted octanol–water partition coefficient (Wildman–Crippen LogP) is 20.3. The first-order valence-corrected chi connectivity index (χ1v) is 26.3. The van der Waals surface area contributed by atoms with E-state index in [4.69, 9.17) is 0 Å². The Labute approximate surface area is 358 Å². The summed E-state index contributed by atoms with van der Waals surface area (Å²) in [6.07, 6.45) is 44.0. The van der Waals surface area contributed by atoms with E-state index in [9.17, 15) is 0 Å². The van der Waals surface area contributed by atoms with Crippen LogP contribution in [0.2, 0.25) is 0 Å². The Hall–Kier alpha value is 0. The molecule has 4 atom stereocenters. The van der Waals surface area contributed by atoms with Crippen molar-refractivity contribution < 1.29 is 0 Å². The Balaban J connectivity index is 0.000000327. The van der Waals surface area contributed by atoms with Gasteiger partial charge in [0.2, 0.25) is 0 Å². The lowest BCUT2D eigenvalue weighted by Gasteiger charge is -2.22. The van der Waals surface area contributed by atoms with Gasteiger partial charge < -0.3 is 0 Å². The van der Waals surface area contributed by atoms with E-state index in [-0.39, 0.29) is 0 Å². The molecule has 7 aliphatic rings. The summed E-state index contributed by atoms with van der Waals surface area (Å²) in [6.45, 7) is 35.4. The molecular formula is C56H112. The van der Waals surface area contributed by atoms with Gasteiger partial charge in [-0.05, 0) is 108 Å². The van der Waals surface area contributed by atoms with Crippen molar-refractivity contribution >= 4 is 0 Å². The lowest BCUT2D eigenvalue weighted by atomic mass is 9.83. The second-order valence-corrected chi connectivity index (χ2v) is 23.8. The molecule has 0 heteroatoms. The third-order valence-electron chi connectivity index (χ3n) is 17.4.